The second-order valence-corrected chi connectivity index (χ2v) is 9.10. The highest BCUT2D eigenvalue weighted by atomic mass is 32.2. The fourth-order valence-electron chi connectivity index (χ4n) is 2.28. The van der Waals surface area contributed by atoms with Crippen molar-refractivity contribution in [2.24, 2.45) is 4.99 Å². The van der Waals surface area contributed by atoms with Crippen LogP contribution in [-0.2, 0) is 16.4 Å². The first kappa shape index (κ1) is 19.5. The largest absolute Gasteiger partial charge is 0.357 e. The van der Waals surface area contributed by atoms with Crippen LogP contribution in [0.2, 0.25) is 0 Å². The van der Waals surface area contributed by atoms with Crippen LogP contribution < -0.4 is 10.6 Å². The Morgan fingerprint density at radius 3 is 2.52 bits per heavy atom. The summed E-state index contributed by atoms with van der Waals surface area (Å²) in [5, 5.41) is 6.38. The second kappa shape index (κ2) is 9.58. The predicted octanol–water partition coefficient (Wildman–Crippen LogP) is 2.98. The molecule has 2 rings (SSSR count). The van der Waals surface area contributed by atoms with Crippen LogP contribution >= 0.6 is 11.3 Å². The molecule has 0 amide bonds. The van der Waals surface area contributed by atoms with E-state index in [4.69, 9.17) is 0 Å². The SMILES string of the molecule is CCNC(=NCc1ccc(C)s1)NCCCS(=O)(=O)c1ccccc1. The summed E-state index contributed by atoms with van der Waals surface area (Å²) < 4.78 is 24.5. The van der Waals surface area contributed by atoms with Crippen molar-refractivity contribution in [3.63, 3.8) is 0 Å². The molecule has 0 saturated heterocycles. The monoisotopic (exact) mass is 379 g/mol. The Balaban J connectivity index is 1.83. The maximum Gasteiger partial charge on any atom is 0.191 e. The van der Waals surface area contributed by atoms with Gasteiger partial charge >= 0.3 is 0 Å². The lowest BCUT2D eigenvalue weighted by Crippen LogP contribution is -2.38. The first-order valence-electron chi connectivity index (χ1n) is 8.36. The first-order valence-corrected chi connectivity index (χ1v) is 10.8. The second-order valence-electron chi connectivity index (χ2n) is 5.62. The molecule has 0 aliphatic heterocycles. The average Bonchev–Trinajstić information content (AvgIpc) is 3.02. The van der Waals surface area contributed by atoms with Crippen molar-refractivity contribution >= 4 is 27.1 Å². The zero-order valence-corrected chi connectivity index (χ0v) is 16.3. The number of aliphatic imine (C=N–C) groups is 1. The van der Waals surface area contributed by atoms with Crippen molar-refractivity contribution in [3.8, 4) is 0 Å². The number of hydrogen-bond acceptors (Lipinski definition) is 4. The van der Waals surface area contributed by atoms with E-state index >= 15 is 0 Å². The minimum absolute atomic E-state index is 0.119. The summed E-state index contributed by atoms with van der Waals surface area (Å²) in [4.78, 5) is 7.41. The molecule has 0 spiro atoms. The van der Waals surface area contributed by atoms with Crippen LogP contribution in [0.15, 0.2) is 52.4 Å². The van der Waals surface area contributed by atoms with E-state index in [9.17, 15) is 8.42 Å². The van der Waals surface area contributed by atoms with Crippen molar-refractivity contribution in [3.05, 3.63) is 52.2 Å². The lowest BCUT2D eigenvalue weighted by molar-refractivity contribution is 0.592. The molecule has 0 unspecified atom stereocenters. The summed E-state index contributed by atoms with van der Waals surface area (Å²) >= 11 is 1.74. The Morgan fingerprint density at radius 1 is 1.12 bits per heavy atom. The Morgan fingerprint density at radius 2 is 1.88 bits per heavy atom. The van der Waals surface area contributed by atoms with Gasteiger partial charge in [-0.2, -0.15) is 0 Å². The third kappa shape index (κ3) is 6.51. The maximum atomic E-state index is 12.2. The van der Waals surface area contributed by atoms with Crippen molar-refractivity contribution in [2.75, 3.05) is 18.8 Å². The molecular formula is C18H25N3O2S2. The summed E-state index contributed by atoms with van der Waals surface area (Å²) in [5.74, 6) is 0.832. The Kier molecular flexibility index (Phi) is 7.46. The van der Waals surface area contributed by atoms with Gasteiger partial charge in [-0.15, -0.1) is 11.3 Å². The zero-order chi connectivity index (χ0) is 18.1. The van der Waals surface area contributed by atoms with E-state index in [1.807, 2.05) is 13.0 Å². The molecule has 5 nitrogen and oxygen atoms in total. The molecule has 1 heterocycles. The normalized spacial score (nSPS) is 12.2. The van der Waals surface area contributed by atoms with Gasteiger partial charge in [0, 0.05) is 22.8 Å². The molecule has 136 valence electrons. The standard InChI is InChI=1S/C18H25N3O2S2/c1-3-19-18(21-14-16-11-10-15(2)24-16)20-12-7-13-25(22,23)17-8-5-4-6-9-17/h4-6,8-11H,3,7,12-14H2,1-2H3,(H2,19,20,21). The van der Waals surface area contributed by atoms with Gasteiger partial charge in [0.25, 0.3) is 0 Å². The molecule has 25 heavy (non-hydrogen) atoms. The molecule has 1 aromatic heterocycles. The highest BCUT2D eigenvalue weighted by Gasteiger charge is 2.13. The number of aryl methyl sites for hydroxylation is 1. The van der Waals surface area contributed by atoms with Gasteiger partial charge in [-0.1, -0.05) is 18.2 Å². The summed E-state index contributed by atoms with van der Waals surface area (Å²) in [7, 11) is -3.22. The lowest BCUT2D eigenvalue weighted by Gasteiger charge is -2.11. The van der Waals surface area contributed by atoms with Gasteiger partial charge in [0.05, 0.1) is 17.2 Å². The number of hydrogen-bond donors (Lipinski definition) is 2. The van der Waals surface area contributed by atoms with Crippen LogP contribution in [0.1, 0.15) is 23.1 Å². The molecule has 0 bridgehead atoms. The van der Waals surface area contributed by atoms with Gasteiger partial charge in [0.15, 0.2) is 15.8 Å². The Labute approximate surface area is 154 Å². The third-order valence-corrected chi connectivity index (χ3v) is 6.32. The highest BCUT2D eigenvalue weighted by molar-refractivity contribution is 7.91. The average molecular weight is 380 g/mol. The summed E-state index contributed by atoms with van der Waals surface area (Å²) in [5.41, 5.74) is 0. The number of nitrogens with one attached hydrogen (secondary N) is 2. The van der Waals surface area contributed by atoms with Gasteiger partial charge < -0.3 is 10.6 Å². The topological polar surface area (TPSA) is 70.6 Å². The third-order valence-electron chi connectivity index (χ3n) is 3.52. The molecule has 0 saturated carbocycles. The van der Waals surface area contributed by atoms with Crippen molar-refractivity contribution in [1.82, 2.24) is 10.6 Å². The molecule has 7 heteroatoms. The van der Waals surface area contributed by atoms with Crippen LogP contribution in [-0.4, -0.2) is 33.2 Å². The Hall–Kier alpha value is -1.86. The summed E-state index contributed by atoms with van der Waals surface area (Å²) in [6.45, 7) is 6.02. The molecule has 0 atom stereocenters. The quantitative estimate of drug-likeness (QED) is 0.420. The smallest absolute Gasteiger partial charge is 0.191 e. The van der Waals surface area contributed by atoms with Gasteiger partial charge in [-0.25, -0.2) is 13.4 Å². The van der Waals surface area contributed by atoms with Gasteiger partial charge in [-0.05, 0) is 44.5 Å². The minimum atomic E-state index is -3.22. The number of thiophene rings is 1. The van der Waals surface area contributed by atoms with Crippen LogP contribution in [0.25, 0.3) is 0 Å². The van der Waals surface area contributed by atoms with E-state index in [0.29, 0.717) is 30.4 Å². The molecule has 1 aromatic carbocycles. The van der Waals surface area contributed by atoms with E-state index in [0.717, 1.165) is 6.54 Å². The maximum absolute atomic E-state index is 12.2. The van der Waals surface area contributed by atoms with Crippen molar-refractivity contribution in [1.29, 1.82) is 0 Å². The summed E-state index contributed by atoms with van der Waals surface area (Å²) in [6.07, 6.45) is 0.528. The van der Waals surface area contributed by atoms with E-state index < -0.39 is 9.84 Å². The molecule has 2 N–H and O–H groups in total. The van der Waals surface area contributed by atoms with E-state index in [-0.39, 0.29) is 5.75 Å². The minimum Gasteiger partial charge on any atom is -0.357 e. The number of guanidine groups is 1. The van der Waals surface area contributed by atoms with Crippen LogP contribution in [0.4, 0.5) is 0 Å². The fraction of sp³-hybridized carbons (Fsp3) is 0.389. The number of nitrogens with zero attached hydrogens (tertiary/aromatic N) is 1. The number of rotatable bonds is 8. The highest BCUT2D eigenvalue weighted by Crippen LogP contribution is 2.15. The van der Waals surface area contributed by atoms with Gasteiger partial charge in [0.2, 0.25) is 0 Å². The van der Waals surface area contributed by atoms with Gasteiger partial charge in [-0.3, -0.25) is 0 Å². The molecular weight excluding hydrogens is 354 g/mol. The van der Waals surface area contributed by atoms with E-state index in [1.54, 1.807) is 35.6 Å². The molecule has 2 aromatic rings. The lowest BCUT2D eigenvalue weighted by atomic mass is 10.4. The zero-order valence-electron chi connectivity index (χ0n) is 14.7. The van der Waals surface area contributed by atoms with Crippen LogP contribution in [0, 0.1) is 6.92 Å². The first-order chi connectivity index (χ1) is 12.0. The molecule has 0 aliphatic rings. The molecule has 0 fully saturated rings. The number of benzene rings is 1. The van der Waals surface area contributed by atoms with E-state index in [1.165, 1.54) is 9.75 Å². The molecule has 0 aliphatic carbocycles. The fourth-order valence-corrected chi connectivity index (χ4v) is 4.43. The number of sulfone groups is 1. The van der Waals surface area contributed by atoms with Gasteiger partial charge in [0.1, 0.15) is 0 Å². The van der Waals surface area contributed by atoms with Crippen LogP contribution in [0.5, 0.6) is 0 Å². The molecule has 0 radical (unpaired) electrons. The summed E-state index contributed by atoms with van der Waals surface area (Å²) in [6, 6.07) is 12.7. The predicted molar refractivity (Wildman–Crippen MR) is 105 cm³/mol. The van der Waals surface area contributed by atoms with Crippen molar-refractivity contribution < 1.29 is 8.42 Å². The Bertz CT molecular complexity index is 784. The van der Waals surface area contributed by atoms with Crippen LogP contribution in [0.3, 0.4) is 0 Å². The van der Waals surface area contributed by atoms with Crippen molar-refractivity contribution in [2.45, 2.75) is 31.7 Å². The van der Waals surface area contributed by atoms with E-state index in [2.05, 4.69) is 34.7 Å².